The molecule has 9 nitrogen and oxygen atoms in total. The molecule has 29 heavy (non-hydrogen) atoms. The lowest BCUT2D eigenvalue weighted by molar-refractivity contribution is 0.0940. The second kappa shape index (κ2) is 8.16. The summed E-state index contributed by atoms with van der Waals surface area (Å²) in [5.74, 6) is 0.366. The van der Waals surface area contributed by atoms with Gasteiger partial charge in [0.25, 0.3) is 11.8 Å². The van der Waals surface area contributed by atoms with Gasteiger partial charge >= 0.3 is 0 Å². The topological polar surface area (TPSA) is 122 Å². The van der Waals surface area contributed by atoms with E-state index >= 15 is 0 Å². The number of amides is 2. The van der Waals surface area contributed by atoms with E-state index < -0.39 is 5.91 Å². The van der Waals surface area contributed by atoms with E-state index in [1.54, 1.807) is 5.38 Å². The van der Waals surface area contributed by atoms with Crippen molar-refractivity contribution in [2.24, 2.45) is 0 Å². The van der Waals surface area contributed by atoms with Crippen molar-refractivity contribution in [2.45, 2.75) is 45.1 Å². The van der Waals surface area contributed by atoms with Crippen LogP contribution in [0.1, 0.15) is 65.1 Å². The Hall–Kier alpha value is -3.01. The number of nitrogens with zero attached hydrogens (tertiary/aromatic N) is 3. The van der Waals surface area contributed by atoms with Gasteiger partial charge in [0.05, 0.1) is 12.4 Å². The lowest BCUT2D eigenvalue weighted by Gasteiger charge is -2.05. The number of rotatable bonds is 8. The molecule has 152 valence electrons. The van der Waals surface area contributed by atoms with Crippen LogP contribution in [0, 0.1) is 0 Å². The number of hydrogen-bond donors (Lipinski definition) is 3. The van der Waals surface area contributed by atoms with Gasteiger partial charge in [-0.2, -0.15) is 4.98 Å². The Kier molecular flexibility index (Phi) is 5.43. The summed E-state index contributed by atoms with van der Waals surface area (Å²) in [5, 5.41) is 14.1. The number of ether oxygens (including phenoxy) is 1. The van der Waals surface area contributed by atoms with Gasteiger partial charge in [0.2, 0.25) is 11.8 Å². The Balaban J connectivity index is 1.32. The maximum Gasteiger partial charge on any atom is 0.288 e. The third-order valence-electron chi connectivity index (χ3n) is 4.76. The Bertz CT molecular complexity index is 988. The summed E-state index contributed by atoms with van der Waals surface area (Å²) in [6, 6.07) is 0.215. The van der Waals surface area contributed by atoms with E-state index in [2.05, 4.69) is 44.3 Å². The number of aromatic amines is 1. The molecule has 2 aliphatic rings. The molecule has 0 bridgehead atoms. The molecule has 1 fully saturated rings. The van der Waals surface area contributed by atoms with Gasteiger partial charge in [0, 0.05) is 24.3 Å². The first-order chi connectivity index (χ1) is 14.0. The zero-order valence-corrected chi connectivity index (χ0v) is 16.9. The van der Waals surface area contributed by atoms with Crippen LogP contribution in [-0.4, -0.2) is 44.6 Å². The van der Waals surface area contributed by atoms with Crippen molar-refractivity contribution in [3.8, 4) is 0 Å². The molecule has 0 aromatic carbocycles. The van der Waals surface area contributed by atoms with Gasteiger partial charge in [0.15, 0.2) is 0 Å². The molecule has 2 aromatic rings. The summed E-state index contributed by atoms with van der Waals surface area (Å²) < 4.78 is 5.62. The first-order valence-electron chi connectivity index (χ1n) is 9.49. The number of anilines is 1. The van der Waals surface area contributed by atoms with Gasteiger partial charge in [-0.05, 0) is 37.3 Å². The van der Waals surface area contributed by atoms with Gasteiger partial charge in [-0.15, -0.1) is 16.4 Å². The summed E-state index contributed by atoms with van der Waals surface area (Å²) in [4.78, 5) is 32.7. The molecule has 0 spiro atoms. The van der Waals surface area contributed by atoms with Gasteiger partial charge in [-0.25, -0.2) is 4.98 Å². The van der Waals surface area contributed by atoms with E-state index in [0.29, 0.717) is 5.01 Å². The van der Waals surface area contributed by atoms with E-state index in [0.717, 1.165) is 50.0 Å². The number of aromatic nitrogens is 4. The summed E-state index contributed by atoms with van der Waals surface area (Å²) in [6.45, 7) is 6.92. The summed E-state index contributed by atoms with van der Waals surface area (Å²) in [5.41, 5.74) is 2.41. The fraction of sp³-hybridized carbons (Fsp3) is 0.421. The molecule has 0 unspecified atom stereocenters. The number of carbonyl (C=O) groups is 2. The third-order valence-corrected chi connectivity index (χ3v) is 5.71. The predicted octanol–water partition coefficient (Wildman–Crippen LogP) is 2.89. The molecule has 0 radical (unpaired) electrons. The second-order valence-electron chi connectivity index (χ2n) is 7.15. The number of carbonyl (C=O) groups excluding carboxylic acids is 2. The smallest absolute Gasteiger partial charge is 0.288 e. The second-order valence-corrected chi connectivity index (χ2v) is 8.01. The van der Waals surface area contributed by atoms with Crippen LogP contribution in [0.3, 0.4) is 0 Å². The predicted molar refractivity (Wildman–Crippen MR) is 108 cm³/mol. The Labute approximate surface area is 171 Å². The average molecular weight is 414 g/mol. The van der Waals surface area contributed by atoms with E-state index in [1.807, 2.05) is 0 Å². The van der Waals surface area contributed by atoms with Crippen molar-refractivity contribution < 1.29 is 14.3 Å². The van der Waals surface area contributed by atoms with Gasteiger partial charge in [-0.3, -0.25) is 20.0 Å². The van der Waals surface area contributed by atoms with Gasteiger partial charge in [0.1, 0.15) is 10.7 Å². The molecule has 1 aliphatic carbocycles. The number of allylic oxidation sites excluding steroid dienone is 2. The quantitative estimate of drug-likeness (QED) is 0.611. The summed E-state index contributed by atoms with van der Waals surface area (Å²) in [6.07, 6.45) is 4.45. The van der Waals surface area contributed by atoms with Crippen molar-refractivity contribution in [3.63, 3.8) is 0 Å². The molecule has 10 heteroatoms. The van der Waals surface area contributed by atoms with E-state index in [4.69, 9.17) is 4.74 Å². The molecule has 3 heterocycles. The van der Waals surface area contributed by atoms with Crippen molar-refractivity contribution in [3.05, 3.63) is 39.8 Å². The highest BCUT2D eigenvalue weighted by molar-refractivity contribution is 7.11. The number of nitrogens with one attached hydrogen (secondary N) is 3. The summed E-state index contributed by atoms with van der Waals surface area (Å²) in [7, 11) is 0. The highest BCUT2D eigenvalue weighted by Crippen LogP contribution is 2.28. The minimum atomic E-state index is -0.439. The molecule has 3 N–H and O–H groups in total. The largest absolute Gasteiger partial charge is 0.498 e. The molecule has 2 aromatic heterocycles. The monoisotopic (exact) mass is 414 g/mol. The van der Waals surface area contributed by atoms with E-state index in [-0.39, 0.29) is 29.4 Å². The van der Waals surface area contributed by atoms with Crippen molar-refractivity contribution in [1.82, 2.24) is 25.5 Å². The van der Waals surface area contributed by atoms with Gasteiger partial charge < -0.3 is 10.1 Å². The third kappa shape index (κ3) is 4.70. The van der Waals surface area contributed by atoms with Crippen LogP contribution in [0.2, 0.25) is 0 Å². The maximum absolute atomic E-state index is 12.4. The molecule has 0 atom stereocenters. The lowest BCUT2D eigenvalue weighted by atomic mass is 10.1. The molecule has 1 saturated carbocycles. The van der Waals surface area contributed by atoms with Crippen molar-refractivity contribution >= 4 is 34.7 Å². The normalized spacial score (nSPS) is 15.9. The Morgan fingerprint density at radius 2 is 2.17 bits per heavy atom. The number of H-pyrrole nitrogens is 1. The van der Waals surface area contributed by atoms with Crippen molar-refractivity contribution in [2.75, 3.05) is 11.9 Å². The van der Waals surface area contributed by atoms with Gasteiger partial charge in [-0.1, -0.05) is 6.58 Å². The molecule has 1 aliphatic heterocycles. The van der Waals surface area contributed by atoms with Crippen LogP contribution in [0.4, 0.5) is 5.95 Å². The molecule has 2 amide bonds. The zero-order chi connectivity index (χ0) is 20.4. The zero-order valence-electron chi connectivity index (χ0n) is 16.1. The average Bonchev–Trinajstić information content (AvgIpc) is 3.11. The number of hydrogen-bond acceptors (Lipinski definition) is 7. The minimum Gasteiger partial charge on any atom is -0.498 e. The number of thiazole rings is 1. The van der Waals surface area contributed by atoms with Crippen LogP contribution < -0.4 is 10.6 Å². The SMILES string of the molecule is C=C(CCC1=C(C)CCO1)c1nc(C(=O)Nc2n[nH]c(C(=O)NC3CC3)n2)cs1. The summed E-state index contributed by atoms with van der Waals surface area (Å²) >= 11 is 1.36. The molecule has 4 rings (SSSR count). The highest BCUT2D eigenvalue weighted by Gasteiger charge is 2.25. The standard InChI is InChI=1S/C19H22N6O3S/c1-10-7-8-28-14(10)6-3-11(2)18-21-13(9-29-18)16(26)23-19-22-15(24-25-19)17(27)20-12-4-5-12/h9,12H,2-8H2,1H3,(H,20,27)(H2,22,23,24,25,26). The molecular weight excluding hydrogens is 392 g/mol. The van der Waals surface area contributed by atoms with E-state index in [9.17, 15) is 9.59 Å². The lowest BCUT2D eigenvalue weighted by Crippen LogP contribution is -2.26. The fourth-order valence-electron chi connectivity index (χ4n) is 2.85. The van der Waals surface area contributed by atoms with Crippen LogP contribution in [0.25, 0.3) is 5.57 Å². The molecule has 0 saturated heterocycles. The van der Waals surface area contributed by atoms with Crippen molar-refractivity contribution in [1.29, 1.82) is 0 Å². The van der Waals surface area contributed by atoms with Crippen LogP contribution in [-0.2, 0) is 4.74 Å². The fourth-order valence-corrected chi connectivity index (χ4v) is 3.66. The van der Waals surface area contributed by atoms with Crippen LogP contribution in [0.5, 0.6) is 0 Å². The first kappa shape index (κ1) is 19.3. The Morgan fingerprint density at radius 3 is 2.90 bits per heavy atom. The van der Waals surface area contributed by atoms with Crippen LogP contribution in [0.15, 0.2) is 23.3 Å². The molecular formula is C19H22N6O3S. The Morgan fingerprint density at radius 1 is 1.34 bits per heavy atom. The highest BCUT2D eigenvalue weighted by atomic mass is 32.1. The maximum atomic E-state index is 12.4. The first-order valence-corrected chi connectivity index (χ1v) is 10.4. The van der Waals surface area contributed by atoms with E-state index in [1.165, 1.54) is 16.9 Å². The van der Waals surface area contributed by atoms with Crippen LogP contribution >= 0.6 is 11.3 Å². The minimum absolute atomic E-state index is 0.0325.